The number of nitrogens with one attached hydrogen (secondary N) is 2. The highest BCUT2D eigenvalue weighted by Gasteiger charge is 2.32. The first kappa shape index (κ1) is 21.9. The fourth-order valence-corrected chi connectivity index (χ4v) is 3.89. The number of nitrogens with zero attached hydrogens (tertiary/aromatic N) is 2. The molecule has 0 spiro atoms. The van der Waals surface area contributed by atoms with Gasteiger partial charge in [0.25, 0.3) is 0 Å². The topological polar surface area (TPSA) is 75.2 Å². The molecule has 160 valence electrons. The van der Waals surface area contributed by atoms with Crippen molar-refractivity contribution in [2.24, 2.45) is 4.99 Å². The normalized spacial score (nSPS) is 22.6. The summed E-state index contributed by atoms with van der Waals surface area (Å²) in [5.41, 5.74) is 1.69. The molecule has 29 heavy (non-hydrogen) atoms. The number of carbonyl (C=O) groups is 1. The van der Waals surface area contributed by atoms with Gasteiger partial charge in [0, 0.05) is 32.7 Å². The monoisotopic (exact) mass is 422 g/mol. The van der Waals surface area contributed by atoms with Crippen LogP contribution in [0.5, 0.6) is 0 Å². The Morgan fingerprint density at radius 2 is 2.14 bits per heavy atom. The Kier molecular flexibility index (Phi) is 8.15. The molecule has 2 atom stereocenters. The lowest BCUT2D eigenvalue weighted by molar-refractivity contribution is -0.116. The zero-order chi connectivity index (χ0) is 20.6. The molecule has 3 rings (SSSR count). The summed E-state index contributed by atoms with van der Waals surface area (Å²) in [4.78, 5) is 19.1. The van der Waals surface area contributed by atoms with Gasteiger partial charge in [-0.05, 0) is 44.4 Å². The van der Waals surface area contributed by atoms with Gasteiger partial charge in [-0.2, -0.15) is 0 Å². The van der Waals surface area contributed by atoms with Gasteiger partial charge in [-0.1, -0.05) is 17.7 Å². The first-order chi connectivity index (χ1) is 14.1. The summed E-state index contributed by atoms with van der Waals surface area (Å²) in [6.45, 7) is 8.18. The number of benzene rings is 1. The van der Waals surface area contributed by atoms with Crippen LogP contribution < -0.4 is 10.6 Å². The summed E-state index contributed by atoms with van der Waals surface area (Å²) in [6, 6.07) is 5.58. The number of aliphatic imine (C=N–C) groups is 1. The number of hydrogen-bond donors (Lipinski definition) is 2. The van der Waals surface area contributed by atoms with Crippen LogP contribution in [0.15, 0.2) is 23.2 Å². The standard InChI is InChI=1S/C21H31ClN4O3/c1-3-23-21(26-10-12-29-19(14-26)18-5-4-11-28-18)24-9-8-20(27)25-17-7-6-15(2)13-16(17)22/h6-7,13,18-19H,3-5,8-12,14H2,1-2H3,(H,23,24)(H,25,27). The first-order valence-electron chi connectivity index (χ1n) is 10.4. The molecule has 2 unspecified atom stereocenters. The Labute approximate surface area is 177 Å². The first-order valence-corrected chi connectivity index (χ1v) is 10.8. The minimum atomic E-state index is -0.102. The van der Waals surface area contributed by atoms with Crippen molar-refractivity contribution in [2.75, 3.05) is 44.7 Å². The van der Waals surface area contributed by atoms with Gasteiger partial charge in [-0.25, -0.2) is 0 Å². The smallest absolute Gasteiger partial charge is 0.226 e. The highest BCUT2D eigenvalue weighted by Crippen LogP contribution is 2.23. The predicted molar refractivity (Wildman–Crippen MR) is 116 cm³/mol. The van der Waals surface area contributed by atoms with Gasteiger partial charge in [0.15, 0.2) is 5.96 Å². The van der Waals surface area contributed by atoms with Crippen molar-refractivity contribution in [3.8, 4) is 0 Å². The lowest BCUT2D eigenvalue weighted by atomic mass is 10.1. The molecular weight excluding hydrogens is 392 g/mol. The fourth-order valence-electron chi connectivity index (χ4n) is 3.61. The van der Waals surface area contributed by atoms with Crippen LogP contribution >= 0.6 is 11.6 Å². The maximum Gasteiger partial charge on any atom is 0.226 e. The van der Waals surface area contributed by atoms with Crippen molar-refractivity contribution < 1.29 is 14.3 Å². The van der Waals surface area contributed by atoms with Gasteiger partial charge in [-0.3, -0.25) is 9.79 Å². The molecule has 2 saturated heterocycles. The number of guanidine groups is 1. The molecule has 0 radical (unpaired) electrons. The molecule has 2 fully saturated rings. The van der Waals surface area contributed by atoms with Gasteiger partial charge < -0.3 is 25.0 Å². The third kappa shape index (κ3) is 6.32. The molecule has 1 aromatic rings. The van der Waals surface area contributed by atoms with Crippen molar-refractivity contribution >= 4 is 29.2 Å². The third-order valence-corrected chi connectivity index (χ3v) is 5.42. The van der Waals surface area contributed by atoms with Crippen molar-refractivity contribution in [1.29, 1.82) is 0 Å². The average Bonchev–Trinajstić information content (AvgIpc) is 3.24. The SMILES string of the molecule is CCNC(=NCCC(=O)Nc1ccc(C)cc1Cl)N1CCOC(C2CCCO2)C1. The van der Waals surface area contributed by atoms with E-state index < -0.39 is 0 Å². The van der Waals surface area contributed by atoms with E-state index in [1.54, 1.807) is 0 Å². The molecule has 8 heteroatoms. The molecule has 2 heterocycles. The van der Waals surface area contributed by atoms with Crippen molar-refractivity contribution in [3.63, 3.8) is 0 Å². The summed E-state index contributed by atoms with van der Waals surface area (Å²) in [7, 11) is 0. The average molecular weight is 423 g/mol. The molecule has 2 N–H and O–H groups in total. The van der Waals surface area contributed by atoms with Gasteiger partial charge in [-0.15, -0.1) is 0 Å². The molecule has 2 aliphatic heterocycles. The number of anilines is 1. The fraction of sp³-hybridized carbons (Fsp3) is 0.619. The molecule has 0 saturated carbocycles. The second kappa shape index (κ2) is 10.8. The van der Waals surface area contributed by atoms with E-state index in [-0.39, 0.29) is 18.1 Å². The summed E-state index contributed by atoms with van der Waals surface area (Å²) < 4.78 is 11.7. The maximum absolute atomic E-state index is 12.3. The van der Waals surface area contributed by atoms with Crippen LogP contribution in [0.3, 0.4) is 0 Å². The van der Waals surface area contributed by atoms with Crippen LogP contribution in [0.2, 0.25) is 5.02 Å². The highest BCUT2D eigenvalue weighted by molar-refractivity contribution is 6.33. The van der Waals surface area contributed by atoms with Gasteiger partial charge in [0.1, 0.15) is 6.10 Å². The van der Waals surface area contributed by atoms with E-state index in [2.05, 4.69) is 20.5 Å². The highest BCUT2D eigenvalue weighted by atomic mass is 35.5. The van der Waals surface area contributed by atoms with Gasteiger partial charge in [0.2, 0.25) is 5.91 Å². The number of aryl methyl sites for hydroxylation is 1. The zero-order valence-corrected chi connectivity index (χ0v) is 18.0. The number of morpholine rings is 1. The molecule has 1 aromatic carbocycles. The number of ether oxygens (including phenoxy) is 2. The Morgan fingerprint density at radius 3 is 2.86 bits per heavy atom. The lowest BCUT2D eigenvalue weighted by Crippen LogP contribution is -2.53. The summed E-state index contributed by atoms with van der Waals surface area (Å²) in [6.07, 6.45) is 2.68. The Hall–Kier alpha value is -1.83. The van der Waals surface area contributed by atoms with E-state index in [9.17, 15) is 4.79 Å². The lowest BCUT2D eigenvalue weighted by Gasteiger charge is -2.37. The van der Waals surface area contributed by atoms with E-state index in [1.807, 2.05) is 32.0 Å². The molecule has 0 bridgehead atoms. The van der Waals surface area contributed by atoms with E-state index in [4.69, 9.17) is 21.1 Å². The van der Waals surface area contributed by atoms with E-state index in [0.717, 1.165) is 50.6 Å². The maximum atomic E-state index is 12.3. The van der Waals surface area contributed by atoms with Crippen LogP contribution in [-0.4, -0.2) is 68.4 Å². The summed E-state index contributed by atoms with van der Waals surface area (Å²) in [5, 5.41) is 6.73. The minimum absolute atomic E-state index is 0.0714. The molecule has 7 nitrogen and oxygen atoms in total. The second-order valence-electron chi connectivity index (χ2n) is 7.42. The Balaban J connectivity index is 1.53. The summed E-state index contributed by atoms with van der Waals surface area (Å²) >= 11 is 6.19. The van der Waals surface area contributed by atoms with Crippen molar-refractivity contribution in [2.45, 2.75) is 45.3 Å². The van der Waals surface area contributed by atoms with E-state index >= 15 is 0 Å². The Morgan fingerprint density at radius 1 is 1.31 bits per heavy atom. The minimum Gasteiger partial charge on any atom is -0.375 e. The molecule has 2 aliphatic rings. The quantitative estimate of drug-likeness (QED) is 0.544. The predicted octanol–water partition coefficient (Wildman–Crippen LogP) is 2.82. The molecule has 0 aromatic heterocycles. The second-order valence-corrected chi connectivity index (χ2v) is 7.83. The third-order valence-electron chi connectivity index (χ3n) is 5.11. The number of hydrogen-bond acceptors (Lipinski definition) is 4. The van der Waals surface area contributed by atoms with Crippen molar-refractivity contribution in [3.05, 3.63) is 28.8 Å². The number of amides is 1. The molecule has 1 amide bonds. The Bertz CT molecular complexity index is 722. The van der Waals surface area contributed by atoms with Gasteiger partial charge in [0.05, 0.1) is 30.0 Å². The van der Waals surface area contributed by atoms with Crippen molar-refractivity contribution in [1.82, 2.24) is 10.2 Å². The van der Waals surface area contributed by atoms with Crippen LogP contribution in [0.25, 0.3) is 0 Å². The summed E-state index contributed by atoms with van der Waals surface area (Å²) in [5.74, 6) is 0.717. The van der Waals surface area contributed by atoms with Crippen LogP contribution in [0, 0.1) is 6.92 Å². The zero-order valence-electron chi connectivity index (χ0n) is 17.2. The molecular formula is C21H31ClN4O3. The largest absolute Gasteiger partial charge is 0.375 e. The molecule has 0 aliphatic carbocycles. The van der Waals surface area contributed by atoms with Crippen LogP contribution in [0.1, 0.15) is 31.7 Å². The number of rotatable bonds is 6. The van der Waals surface area contributed by atoms with E-state index in [1.165, 1.54) is 0 Å². The van der Waals surface area contributed by atoms with Crippen LogP contribution in [0.4, 0.5) is 5.69 Å². The number of carbonyl (C=O) groups excluding carboxylic acids is 1. The van der Waals surface area contributed by atoms with Gasteiger partial charge >= 0.3 is 0 Å². The number of halogens is 1. The van der Waals surface area contributed by atoms with Crippen LogP contribution in [-0.2, 0) is 14.3 Å². The van der Waals surface area contributed by atoms with E-state index in [0.29, 0.717) is 30.3 Å².